The lowest BCUT2D eigenvalue weighted by molar-refractivity contribution is -0.0505. The van der Waals surface area contributed by atoms with Gasteiger partial charge in [-0.1, -0.05) is 0 Å². The zero-order valence-corrected chi connectivity index (χ0v) is 20.3. The third-order valence-electron chi connectivity index (χ3n) is 4.85. The van der Waals surface area contributed by atoms with Crippen LogP contribution in [-0.4, -0.2) is 42.2 Å². The van der Waals surface area contributed by atoms with Gasteiger partial charge in [-0.05, 0) is 38.8 Å². The van der Waals surface area contributed by atoms with Gasteiger partial charge < -0.3 is 24.8 Å². The van der Waals surface area contributed by atoms with E-state index < -0.39 is 6.61 Å². The van der Waals surface area contributed by atoms with Crippen molar-refractivity contribution < 1.29 is 23.0 Å². The van der Waals surface area contributed by atoms with Crippen molar-refractivity contribution in [3.05, 3.63) is 34.6 Å². The number of nitrogens with zero attached hydrogens (tertiary/aromatic N) is 3. The van der Waals surface area contributed by atoms with E-state index in [-0.39, 0.29) is 43.1 Å². The maximum atomic E-state index is 12.8. The summed E-state index contributed by atoms with van der Waals surface area (Å²) in [6.45, 7) is 4.56. The van der Waals surface area contributed by atoms with E-state index in [1.165, 1.54) is 11.6 Å². The molecule has 1 aliphatic heterocycles. The average Bonchev–Trinajstić information content (AvgIpc) is 3.24. The highest BCUT2D eigenvalue weighted by atomic mass is 127. The summed E-state index contributed by atoms with van der Waals surface area (Å²) in [4.78, 5) is 4.51. The Bertz CT molecular complexity index is 921. The van der Waals surface area contributed by atoms with Gasteiger partial charge in [0.05, 0.1) is 12.2 Å². The topological polar surface area (TPSA) is 81.9 Å². The molecule has 0 saturated carbocycles. The molecule has 3 rings (SSSR count). The highest BCUT2D eigenvalue weighted by molar-refractivity contribution is 14.0. The number of halogens is 3. The molecule has 2 aromatic rings. The molecule has 0 atom stereocenters. The largest absolute Gasteiger partial charge is 0.454 e. The molecule has 31 heavy (non-hydrogen) atoms. The highest BCUT2D eigenvalue weighted by Crippen LogP contribution is 2.39. The zero-order valence-electron chi connectivity index (χ0n) is 18.0. The Morgan fingerprint density at radius 2 is 1.97 bits per heavy atom. The summed E-state index contributed by atoms with van der Waals surface area (Å²) in [6.07, 6.45) is 0.791. The highest BCUT2D eigenvalue weighted by Gasteiger charge is 2.20. The van der Waals surface area contributed by atoms with Crippen LogP contribution in [-0.2, 0) is 20.0 Å². The van der Waals surface area contributed by atoms with Crippen LogP contribution in [0.15, 0.2) is 17.1 Å². The lowest BCUT2D eigenvalue weighted by atomic mass is 10.1. The maximum absolute atomic E-state index is 12.8. The van der Waals surface area contributed by atoms with Gasteiger partial charge in [-0.25, -0.2) is 4.99 Å². The van der Waals surface area contributed by atoms with Crippen LogP contribution >= 0.6 is 24.0 Å². The predicted molar refractivity (Wildman–Crippen MR) is 124 cm³/mol. The van der Waals surface area contributed by atoms with E-state index >= 15 is 0 Å². The van der Waals surface area contributed by atoms with Crippen molar-refractivity contribution in [3.8, 4) is 17.2 Å². The van der Waals surface area contributed by atoms with Crippen LogP contribution in [0.25, 0.3) is 0 Å². The molecule has 0 bridgehead atoms. The van der Waals surface area contributed by atoms with Crippen LogP contribution in [0.2, 0.25) is 0 Å². The minimum Gasteiger partial charge on any atom is -0.454 e. The van der Waals surface area contributed by atoms with Gasteiger partial charge >= 0.3 is 6.61 Å². The second kappa shape index (κ2) is 11.3. The molecule has 0 amide bonds. The average molecular weight is 551 g/mol. The summed E-state index contributed by atoms with van der Waals surface area (Å²) in [5.41, 5.74) is 3.82. The number of ether oxygens (including phenoxy) is 3. The van der Waals surface area contributed by atoms with Gasteiger partial charge in [0.1, 0.15) is 5.75 Å². The first kappa shape index (κ1) is 25.0. The van der Waals surface area contributed by atoms with Gasteiger partial charge in [-0.2, -0.15) is 13.9 Å². The van der Waals surface area contributed by atoms with Crippen LogP contribution in [0.4, 0.5) is 8.78 Å². The number of benzene rings is 1. The quantitative estimate of drug-likeness (QED) is 0.298. The molecule has 0 unspecified atom stereocenters. The van der Waals surface area contributed by atoms with Crippen molar-refractivity contribution in [1.82, 2.24) is 20.4 Å². The van der Waals surface area contributed by atoms with Gasteiger partial charge in [-0.15, -0.1) is 24.0 Å². The molecule has 11 heteroatoms. The standard InChI is InChI=1S/C20H27F2N5O3.HI/c1-5-23-20(24-7-6-15-12(2)26-27(4)13(15)3)25-10-14-8-17-18(29-11-28-17)9-16(14)30-19(21)22;/h8-9,19H,5-7,10-11H2,1-4H3,(H2,23,24,25);1H. The summed E-state index contributed by atoms with van der Waals surface area (Å²) >= 11 is 0. The molecule has 0 radical (unpaired) electrons. The van der Waals surface area contributed by atoms with Crippen LogP contribution < -0.4 is 24.8 Å². The van der Waals surface area contributed by atoms with Crippen molar-refractivity contribution >= 4 is 29.9 Å². The third-order valence-corrected chi connectivity index (χ3v) is 4.85. The first-order valence-corrected chi connectivity index (χ1v) is 9.77. The van der Waals surface area contributed by atoms with E-state index in [0.29, 0.717) is 36.1 Å². The fourth-order valence-corrected chi connectivity index (χ4v) is 3.29. The fraction of sp³-hybridized carbons (Fsp3) is 0.500. The minimum atomic E-state index is -2.94. The van der Waals surface area contributed by atoms with Gasteiger partial charge in [-0.3, -0.25) is 4.68 Å². The SMILES string of the molecule is CCNC(=NCc1cc2c(cc1OC(F)F)OCO2)NCCc1c(C)nn(C)c1C.I. The first-order valence-electron chi connectivity index (χ1n) is 9.77. The Hall–Kier alpha value is -2.31. The molecule has 0 saturated heterocycles. The van der Waals surface area contributed by atoms with Crippen molar-refractivity contribution in [2.45, 2.75) is 40.3 Å². The zero-order chi connectivity index (χ0) is 21.7. The molecular formula is C20H28F2IN5O3. The Balaban J connectivity index is 0.00000341. The van der Waals surface area contributed by atoms with E-state index in [9.17, 15) is 8.78 Å². The van der Waals surface area contributed by atoms with Crippen molar-refractivity contribution in [3.63, 3.8) is 0 Å². The number of hydrogen-bond acceptors (Lipinski definition) is 5. The molecule has 1 aromatic carbocycles. The number of rotatable bonds is 8. The van der Waals surface area contributed by atoms with Gasteiger partial charge in [0.25, 0.3) is 0 Å². The second-order valence-electron chi connectivity index (χ2n) is 6.84. The second-order valence-corrected chi connectivity index (χ2v) is 6.84. The van der Waals surface area contributed by atoms with Gasteiger partial charge in [0.15, 0.2) is 17.5 Å². The van der Waals surface area contributed by atoms with E-state index in [4.69, 9.17) is 9.47 Å². The maximum Gasteiger partial charge on any atom is 0.387 e. The first-order chi connectivity index (χ1) is 14.4. The third kappa shape index (κ3) is 6.34. The van der Waals surface area contributed by atoms with Crippen molar-refractivity contribution in [2.75, 3.05) is 19.9 Å². The summed E-state index contributed by atoms with van der Waals surface area (Å²) in [6, 6.07) is 3.03. The number of guanidine groups is 1. The molecule has 2 heterocycles. The minimum absolute atomic E-state index is 0. The van der Waals surface area contributed by atoms with Crippen LogP contribution in [0.1, 0.15) is 29.4 Å². The monoisotopic (exact) mass is 551 g/mol. The summed E-state index contributed by atoms with van der Waals surface area (Å²) in [5, 5.41) is 10.9. The fourth-order valence-electron chi connectivity index (χ4n) is 3.29. The summed E-state index contributed by atoms with van der Waals surface area (Å²) in [5.74, 6) is 1.47. The van der Waals surface area contributed by atoms with Crippen molar-refractivity contribution in [2.24, 2.45) is 12.0 Å². The lowest BCUT2D eigenvalue weighted by Gasteiger charge is -2.13. The number of aromatic nitrogens is 2. The van der Waals surface area contributed by atoms with E-state index in [1.807, 2.05) is 32.5 Å². The Kier molecular flexibility index (Phi) is 9.14. The van der Waals surface area contributed by atoms with Gasteiger partial charge in [0, 0.05) is 37.5 Å². The van der Waals surface area contributed by atoms with Crippen LogP contribution in [0.3, 0.4) is 0 Å². The number of fused-ring (bicyclic) bond motifs is 1. The Labute approximate surface area is 197 Å². The lowest BCUT2D eigenvalue weighted by Crippen LogP contribution is -2.38. The number of hydrogen-bond donors (Lipinski definition) is 2. The van der Waals surface area contributed by atoms with E-state index in [0.717, 1.165) is 17.8 Å². The Morgan fingerprint density at radius 1 is 1.26 bits per heavy atom. The predicted octanol–water partition coefficient (Wildman–Crippen LogP) is 3.28. The van der Waals surface area contributed by atoms with Crippen LogP contribution in [0, 0.1) is 13.8 Å². The molecule has 8 nitrogen and oxygen atoms in total. The van der Waals surface area contributed by atoms with Crippen LogP contribution in [0.5, 0.6) is 17.2 Å². The molecule has 2 N–H and O–H groups in total. The summed E-state index contributed by atoms with van der Waals surface area (Å²) in [7, 11) is 1.93. The van der Waals surface area contributed by atoms with E-state index in [2.05, 4.69) is 25.5 Å². The van der Waals surface area contributed by atoms with E-state index in [1.54, 1.807) is 6.07 Å². The molecule has 1 aromatic heterocycles. The molecule has 0 aliphatic carbocycles. The normalized spacial score (nSPS) is 12.7. The molecule has 172 valence electrons. The summed E-state index contributed by atoms with van der Waals surface area (Å²) < 4.78 is 42.7. The number of nitrogens with one attached hydrogen (secondary N) is 2. The molecule has 0 spiro atoms. The van der Waals surface area contributed by atoms with Crippen molar-refractivity contribution in [1.29, 1.82) is 0 Å². The molecule has 0 fully saturated rings. The number of aliphatic imine (C=N–C) groups is 1. The number of alkyl halides is 2. The smallest absolute Gasteiger partial charge is 0.387 e. The molecular weight excluding hydrogens is 523 g/mol. The van der Waals surface area contributed by atoms with Gasteiger partial charge in [0.2, 0.25) is 6.79 Å². The number of aryl methyl sites for hydroxylation is 2. The Morgan fingerprint density at radius 3 is 2.58 bits per heavy atom. The molecule has 1 aliphatic rings.